The van der Waals surface area contributed by atoms with Gasteiger partial charge in [0.15, 0.2) is 5.69 Å². The number of hydrogen-bond acceptors (Lipinski definition) is 7. The largest absolute Gasteiger partial charge is 0.464 e. The first-order chi connectivity index (χ1) is 16.0. The molecule has 2 heterocycles. The Balaban J connectivity index is 2.26. The van der Waals surface area contributed by atoms with Crippen molar-refractivity contribution in [2.45, 2.75) is 32.1 Å². The van der Waals surface area contributed by atoms with E-state index >= 15 is 0 Å². The predicted octanol–water partition coefficient (Wildman–Crippen LogP) is 3.82. The summed E-state index contributed by atoms with van der Waals surface area (Å²) in [4.78, 5) is 23.8. The zero-order valence-electron chi connectivity index (χ0n) is 17.8. The van der Waals surface area contributed by atoms with Gasteiger partial charge in [0, 0.05) is 5.56 Å². The van der Waals surface area contributed by atoms with Gasteiger partial charge in [-0.05, 0) is 26.0 Å². The van der Waals surface area contributed by atoms with Gasteiger partial charge in [-0.1, -0.05) is 17.7 Å². The van der Waals surface area contributed by atoms with Gasteiger partial charge in [0.1, 0.15) is 29.6 Å². The van der Waals surface area contributed by atoms with Gasteiger partial charge in [0.2, 0.25) is 0 Å². The topological polar surface area (TPSA) is 96.2 Å². The highest BCUT2D eigenvalue weighted by Gasteiger charge is 2.39. The average Bonchev–Trinajstić information content (AvgIpc) is 2.88. The van der Waals surface area contributed by atoms with Crippen LogP contribution in [0.4, 0.5) is 27.6 Å². The van der Waals surface area contributed by atoms with Crippen LogP contribution >= 0.6 is 11.6 Å². The van der Waals surface area contributed by atoms with E-state index < -0.39 is 70.0 Å². The van der Waals surface area contributed by atoms with E-state index in [0.717, 1.165) is 24.4 Å². The van der Waals surface area contributed by atoms with E-state index in [1.807, 2.05) is 0 Å². The minimum absolute atomic E-state index is 0.0243. The number of amidine groups is 1. The van der Waals surface area contributed by atoms with Crippen molar-refractivity contribution >= 4 is 34.8 Å². The fourth-order valence-electron chi connectivity index (χ4n) is 3.19. The highest BCUT2D eigenvalue weighted by Crippen LogP contribution is 2.40. The van der Waals surface area contributed by atoms with Crippen LogP contribution in [0.2, 0.25) is 5.02 Å². The number of rotatable bonds is 5. The normalized spacial score (nSPS) is 16.7. The van der Waals surface area contributed by atoms with Crippen LogP contribution in [0, 0.1) is 11.6 Å². The Morgan fingerprint density at radius 1 is 1.26 bits per heavy atom. The van der Waals surface area contributed by atoms with Gasteiger partial charge < -0.3 is 15.2 Å². The number of carbonyl (C=O) groups excluding carboxylic acids is 1. The number of benzene rings is 1. The smallest absolute Gasteiger partial charge is 0.434 e. The number of alkyl halides is 3. The Hall–Kier alpha value is -3.12. The predicted molar refractivity (Wildman–Crippen MR) is 113 cm³/mol. The molecular weight excluding hydrogens is 487 g/mol. The molecule has 1 aliphatic rings. The number of aliphatic imine (C=N–C) groups is 2. The molecule has 0 spiro atoms. The number of halogens is 6. The Bertz CT molecular complexity index is 1150. The zero-order valence-corrected chi connectivity index (χ0v) is 18.5. The third kappa shape index (κ3) is 5.02. The summed E-state index contributed by atoms with van der Waals surface area (Å²) in [6, 6.07) is 0.566. The molecule has 7 nitrogen and oxygen atoms in total. The van der Waals surface area contributed by atoms with Crippen LogP contribution in [0.5, 0.6) is 0 Å². The maximum Gasteiger partial charge on any atom is 0.434 e. The molecule has 1 aromatic heterocycles. The molecule has 2 N–H and O–H groups in total. The molecule has 13 heteroatoms. The van der Waals surface area contributed by atoms with Crippen molar-refractivity contribution in [1.82, 2.24) is 10.3 Å². The maximum absolute atomic E-state index is 14.7. The lowest BCUT2D eigenvalue weighted by Gasteiger charge is -2.19. The molecule has 0 bridgehead atoms. The third-order valence-electron chi connectivity index (χ3n) is 4.74. The number of esters is 1. The fourth-order valence-corrected chi connectivity index (χ4v) is 3.54. The van der Waals surface area contributed by atoms with Crippen molar-refractivity contribution in [2.75, 3.05) is 13.2 Å². The number of nitrogens with one attached hydrogen (secondary N) is 1. The number of pyridine rings is 1. The van der Waals surface area contributed by atoms with Gasteiger partial charge in [-0.15, -0.1) is 0 Å². The lowest BCUT2D eigenvalue weighted by atomic mass is 9.99. The molecule has 2 aromatic rings. The lowest BCUT2D eigenvalue weighted by Crippen LogP contribution is -2.47. The van der Waals surface area contributed by atoms with Gasteiger partial charge >= 0.3 is 12.1 Å². The summed E-state index contributed by atoms with van der Waals surface area (Å²) < 4.78 is 74.6. The van der Waals surface area contributed by atoms with Crippen molar-refractivity contribution in [3.8, 4) is 0 Å². The van der Waals surface area contributed by atoms with Crippen LogP contribution in [-0.4, -0.2) is 52.9 Å². The van der Waals surface area contributed by atoms with Crippen LogP contribution < -0.4 is 5.32 Å². The van der Waals surface area contributed by atoms with E-state index in [4.69, 9.17) is 16.3 Å². The highest BCUT2D eigenvalue weighted by atomic mass is 35.5. The molecule has 0 amide bonds. The van der Waals surface area contributed by atoms with Crippen molar-refractivity contribution in [1.29, 1.82) is 0 Å². The van der Waals surface area contributed by atoms with E-state index in [2.05, 4.69) is 20.3 Å². The van der Waals surface area contributed by atoms with Crippen LogP contribution in [0.25, 0.3) is 0 Å². The number of hydrogen-bond donors (Lipinski definition) is 2. The minimum Gasteiger partial charge on any atom is -0.464 e. The molecule has 1 aliphatic heterocycles. The molecule has 0 radical (unpaired) electrons. The van der Waals surface area contributed by atoms with Gasteiger partial charge in [-0.2, -0.15) is 13.2 Å². The molecule has 0 fully saturated rings. The van der Waals surface area contributed by atoms with Gasteiger partial charge in [0.25, 0.3) is 0 Å². The summed E-state index contributed by atoms with van der Waals surface area (Å²) >= 11 is 6.04. The second kappa shape index (κ2) is 10.0. The molecule has 1 aromatic carbocycles. The first kappa shape index (κ1) is 25.5. The Morgan fingerprint density at radius 3 is 2.47 bits per heavy atom. The van der Waals surface area contributed by atoms with Crippen LogP contribution in [0.1, 0.15) is 30.7 Å². The molecule has 3 rings (SSSR count). The fraction of sp³-hybridized carbons (Fsp3) is 0.333. The first-order valence-corrected chi connectivity index (χ1v) is 10.3. The summed E-state index contributed by atoms with van der Waals surface area (Å²) in [6.07, 6.45) is -4.24. The molecule has 0 saturated heterocycles. The van der Waals surface area contributed by atoms with Crippen molar-refractivity contribution in [2.24, 2.45) is 9.98 Å². The summed E-state index contributed by atoms with van der Waals surface area (Å²) in [7, 11) is 0. The minimum atomic E-state index is -4.97. The van der Waals surface area contributed by atoms with Crippen molar-refractivity contribution in [3.05, 3.63) is 57.9 Å². The molecule has 0 aliphatic carbocycles. The Labute approximate surface area is 195 Å². The van der Waals surface area contributed by atoms with Crippen LogP contribution in [0.3, 0.4) is 0 Å². The summed E-state index contributed by atoms with van der Waals surface area (Å²) in [5, 5.41) is 11.2. The number of nitrogens with zero attached hydrogens (tertiary/aromatic N) is 3. The van der Waals surface area contributed by atoms with Crippen LogP contribution in [0.15, 0.2) is 34.4 Å². The van der Waals surface area contributed by atoms with E-state index in [9.17, 15) is 31.9 Å². The SMILES string of the molecule is CCOC(=O)C(CO)NC1=Nc2cnc(C(F)(F)F)c(Cl)c2C(c2c(F)cccc2F)=N[C@H]1C. The summed E-state index contributed by atoms with van der Waals surface area (Å²) in [5.41, 5.74) is -3.50. The van der Waals surface area contributed by atoms with E-state index in [0.29, 0.717) is 0 Å². The van der Waals surface area contributed by atoms with E-state index in [1.54, 1.807) is 6.92 Å². The molecular formula is C21H18ClF5N4O3. The molecule has 1 unspecified atom stereocenters. The molecule has 182 valence electrons. The molecule has 2 atom stereocenters. The lowest BCUT2D eigenvalue weighted by molar-refractivity contribution is -0.146. The standard InChI is InChI=1S/C21H18ClF5N4O3/c1-3-34-20(33)13(8-32)31-19-9(2)29-17(14-10(23)5-4-6-11(14)24)15-12(30-19)7-28-18(16(15)22)21(25,26)27/h4-7,9,13,32H,3,8H2,1-2H3,(H,30,31)/t9-,13?/m0/s1. The quantitative estimate of drug-likeness (QED) is 0.477. The Morgan fingerprint density at radius 2 is 1.91 bits per heavy atom. The first-order valence-electron chi connectivity index (χ1n) is 9.90. The number of aromatic nitrogens is 1. The van der Waals surface area contributed by atoms with Crippen molar-refractivity contribution < 1.29 is 36.6 Å². The molecule has 34 heavy (non-hydrogen) atoms. The number of fused-ring (bicyclic) bond motifs is 1. The van der Waals surface area contributed by atoms with E-state index in [-0.39, 0.29) is 18.1 Å². The third-order valence-corrected chi connectivity index (χ3v) is 5.11. The Kier molecular flexibility index (Phi) is 7.51. The van der Waals surface area contributed by atoms with Gasteiger partial charge in [0.05, 0.1) is 41.4 Å². The second-order valence-electron chi connectivity index (χ2n) is 7.06. The monoisotopic (exact) mass is 504 g/mol. The number of carbonyl (C=O) groups is 1. The number of ether oxygens (including phenoxy) is 1. The van der Waals surface area contributed by atoms with Crippen molar-refractivity contribution in [3.63, 3.8) is 0 Å². The number of aliphatic hydroxyl groups excluding tert-OH is 1. The van der Waals surface area contributed by atoms with Crippen LogP contribution in [-0.2, 0) is 15.7 Å². The zero-order chi connectivity index (χ0) is 25.2. The van der Waals surface area contributed by atoms with Gasteiger partial charge in [-0.25, -0.2) is 23.6 Å². The second-order valence-corrected chi connectivity index (χ2v) is 7.44. The average molecular weight is 505 g/mol. The molecule has 0 saturated carbocycles. The highest BCUT2D eigenvalue weighted by molar-refractivity contribution is 6.37. The summed E-state index contributed by atoms with van der Waals surface area (Å²) in [5.74, 6) is -3.10. The van der Waals surface area contributed by atoms with E-state index in [1.165, 1.54) is 6.92 Å². The summed E-state index contributed by atoms with van der Waals surface area (Å²) in [6.45, 7) is 2.29. The van der Waals surface area contributed by atoms with Gasteiger partial charge in [-0.3, -0.25) is 4.99 Å². The number of aliphatic hydroxyl groups is 1. The maximum atomic E-state index is 14.7.